The number of carbonyl (C=O) groups excluding carboxylic acids is 1. The minimum absolute atomic E-state index is 0.0154. The molecule has 3 aromatic carbocycles. The average Bonchev–Trinajstić information content (AvgIpc) is 2.67. The lowest BCUT2D eigenvalue weighted by Crippen LogP contribution is -2.29. The second kappa shape index (κ2) is 8.69. The molecule has 0 unspecified atom stereocenters. The molecule has 0 aliphatic carbocycles. The largest absolute Gasteiger partial charge is 0.376 e. The number of amides is 1. The molecule has 1 amide bonds. The number of para-hydroxylation sites is 1. The van der Waals surface area contributed by atoms with Crippen LogP contribution in [0.15, 0.2) is 84.9 Å². The number of anilines is 1. The van der Waals surface area contributed by atoms with E-state index in [9.17, 15) is 4.79 Å². The molecule has 0 saturated carbocycles. The Morgan fingerprint density at radius 1 is 0.720 bits per heavy atom. The molecule has 0 radical (unpaired) electrons. The van der Waals surface area contributed by atoms with Gasteiger partial charge in [-0.2, -0.15) is 0 Å². The summed E-state index contributed by atoms with van der Waals surface area (Å²) in [5.74, 6) is -0.0154. The Labute approximate surface area is 148 Å². The van der Waals surface area contributed by atoms with Gasteiger partial charge in [0, 0.05) is 12.2 Å². The molecule has 0 aliphatic heterocycles. The fourth-order valence-corrected chi connectivity index (χ4v) is 2.70. The highest BCUT2D eigenvalue weighted by Gasteiger charge is 2.05. The molecule has 0 bridgehead atoms. The molecule has 0 atom stereocenters. The van der Waals surface area contributed by atoms with E-state index in [1.54, 1.807) is 0 Å². The highest BCUT2D eigenvalue weighted by atomic mass is 16.1. The fourth-order valence-electron chi connectivity index (χ4n) is 2.70. The van der Waals surface area contributed by atoms with Gasteiger partial charge in [-0.3, -0.25) is 4.79 Å². The van der Waals surface area contributed by atoms with Crippen LogP contribution in [-0.4, -0.2) is 12.5 Å². The van der Waals surface area contributed by atoms with Crippen molar-refractivity contribution in [1.29, 1.82) is 0 Å². The SMILES string of the molecule is O=C(CNc1ccccc1Cc1ccccc1)NCc1ccccc1. The lowest BCUT2D eigenvalue weighted by Gasteiger charge is -2.12. The minimum Gasteiger partial charge on any atom is -0.376 e. The first-order valence-corrected chi connectivity index (χ1v) is 8.47. The Bertz CT molecular complexity index is 801. The Balaban J connectivity index is 1.55. The summed E-state index contributed by atoms with van der Waals surface area (Å²) >= 11 is 0. The van der Waals surface area contributed by atoms with Crippen LogP contribution in [0.3, 0.4) is 0 Å². The van der Waals surface area contributed by atoms with Crippen molar-refractivity contribution in [3.05, 3.63) is 102 Å². The van der Waals surface area contributed by atoms with Crippen LogP contribution in [0, 0.1) is 0 Å². The molecule has 0 spiro atoms. The second-order valence-corrected chi connectivity index (χ2v) is 5.94. The van der Waals surface area contributed by atoms with Crippen molar-refractivity contribution in [2.45, 2.75) is 13.0 Å². The van der Waals surface area contributed by atoms with E-state index in [4.69, 9.17) is 0 Å². The van der Waals surface area contributed by atoms with Crippen molar-refractivity contribution in [3.8, 4) is 0 Å². The molecule has 3 rings (SSSR count). The first kappa shape index (κ1) is 16.8. The molecule has 0 aromatic heterocycles. The van der Waals surface area contributed by atoms with Crippen molar-refractivity contribution >= 4 is 11.6 Å². The quantitative estimate of drug-likeness (QED) is 0.687. The molecule has 126 valence electrons. The molecular formula is C22H22N2O. The van der Waals surface area contributed by atoms with E-state index in [-0.39, 0.29) is 12.5 Å². The Morgan fingerprint density at radius 3 is 2.04 bits per heavy atom. The molecule has 2 N–H and O–H groups in total. The maximum Gasteiger partial charge on any atom is 0.239 e. The van der Waals surface area contributed by atoms with E-state index in [1.807, 2.05) is 66.7 Å². The van der Waals surface area contributed by atoms with Crippen LogP contribution in [0.5, 0.6) is 0 Å². The average molecular weight is 330 g/mol. The van der Waals surface area contributed by atoms with Gasteiger partial charge >= 0.3 is 0 Å². The van der Waals surface area contributed by atoms with Gasteiger partial charge in [0.1, 0.15) is 0 Å². The van der Waals surface area contributed by atoms with Gasteiger partial charge in [-0.1, -0.05) is 78.9 Å². The van der Waals surface area contributed by atoms with Crippen LogP contribution < -0.4 is 10.6 Å². The molecule has 3 heteroatoms. The molecule has 25 heavy (non-hydrogen) atoms. The third-order valence-corrected chi connectivity index (χ3v) is 4.03. The summed E-state index contributed by atoms with van der Waals surface area (Å²) in [7, 11) is 0. The monoisotopic (exact) mass is 330 g/mol. The predicted octanol–water partition coefficient (Wildman–Crippen LogP) is 4.01. The predicted molar refractivity (Wildman–Crippen MR) is 102 cm³/mol. The van der Waals surface area contributed by atoms with Gasteiger partial charge in [0.25, 0.3) is 0 Å². The zero-order chi connectivity index (χ0) is 17.3. The molecular weight excluding hydrogens is 308 g/mol. The van der Waals surface area contributed by atoms with Gasteiger partial charge < -0.3 is 10.6 Å². The zero-order valence-electron chi connectivity index (χ0n) is 14.1. The third kappa shape index (κ3) is 5.21. The van der Waals surface area contributed by atoms with Gasteiger partial charge in [0.05, 0.1) is 6.54 Å². The van der Waals surface area contributed by atoms with Crippen LogP contribution in [0.25, 0.3) is 0 Å². The van der Waals surface area contributed by atoms with Crippen LogP contribution in [0.2, 0.25) is 0 Å². The first-order chi connectivity index (χ1) is 12.3. The van der Waals surface area contributed by atoms with Gasteiger partial charge in [0.15, 0.2) is 0 Å². The maximum absolute atomic E-state index is 12.1. The lowest BCUT2D eigenvalue weighted by atomic mass is 10.0. The number of benzene rings is 3. The van der Waals surface area contributed by atoms with Gasteiger partial charge in [0.2, 0.25) is 5.91 Å². The van der Waals surface area contributed by atoms with Crippen LogP contribution in [-0.2, 0) is 17.8 Å². The molecule has 0 saturated heterocycles. The minimum atomic E-state index is -0.0154. The smallest absolute Gasteiger partial charge is 0.239 e. The zero-order valence-corrected chi connectivity index (χ0v) is 14.1. The lowest BCUT2D eigenvalue weighted by molar-refractivity contribution is -0.119. The molecule has 3 aromatic rings. The highest BCUT2D eigenvalue weighted by molar-refractivity contribution is 5.81. The normalized spacial score (nSPS) is 10.2. The Morgan fingerprint density at radius 2 is 1.32 bits per heavy atom. The fraction of sp³-hybridized carbons (Fsp3) is 0.136. The van der Waals surface area contributed by atoms with Crippen molar-refractivity contribution in [3.63, 3.8) is 0 Å². The van der Waals surface area contributed by atoms with E-state index < -0.39 is 0 Å². The number of nitrogens with one attached hydrogen (secondary N) is 2. The summed E-state index contributed by atoms with van der Waals surface area (Å²) in [5.41, 5.74) is 4.54. The van der Waals surface area contributed by atoms with E-state index in [0.29, 0.717) is 6.54 Å². The molecule has 3 nitrogen and oxygen atoms in total. The van der Waals surface area contributed by atoms with Crippen LogP contribution in [0.4, 0.5) is 5.69 Å². The van der Waals surface area contributed by atoms with Crippen LogP contribution in [0.1, 0.15) is 16.7 Å². The molecule has 0 heterocycles. The van der Waals surface area contributed by atoms with E-state index in [2.05, 4.69) is 28.8 Å². The second-order valence-electron chi connectivity index (χ2n) is 5.94. The topological polar surface area (TPSA) is 41.1 Å². The Kier molecular flexibility index (Phi) is 5.83. The van der Waals surface area contributed by atoms with Crippen molar-refractivity contribution in [2.75, 3.05) is 11.9 Å². The van der Waals surface area contributed by atoms with Gasteiger partial charge in [-0.05, 0) is 29.2 Å². The summed E-state index contributed by atoms with van der Waals surface area (Å²) in [5, 5.41) is 6.19. The highest BCUT2D eigenvalue weighted by Crippen LogP contribution is 2.18. The maximum atomic E-state index is 12.1. The van der Waals surface area contributed by atoms with Gasteiger partial charge in [-0.15, -0.1) is 0 Å². The molecule has 0 fully saturated rings. The number of hydrogen-bond acceptors (Lipinski definition) is 2. The number of hydrogen-bond donors (Lipinski definition) is 2. The van der Waals surface area contributed by atoms with Crippen LogP contribution >= 0.6 is 0 Å². The summed E-state index contributed by atoms with van der Waals surface area (Å²) in [6.07, 6.45) is 0.843. The van der Waals surface area contributed by atoms with E-state index >= 15 is 0 Å². The summed E-state index contributed by atoms with van der Waals surface area (Å²) in [4.78, 5) is 12.1. The Hall–Kier alpha value is -3.07. The van der Waals surface area contributed by atoms with Crippen molar-refractivity contribution in [2.24, 2.45) is 0 Å². The van der Waals surface area contributed by atoms with Crippen molar-refractivity contribution in [1.82, 2.24) is 5.32 Å². The first-order valence-electron chi connectivity index (χ1n) is 8.47. The summed E-state index contributed by atoms with van der Waals surface area (Å²) in [6.45, 7) is 0.811. The van der Waals surface area contributed by atoms with E-state index in [1.165, 1.54) is 11.1 Å². The molecule has 0 aliphatic rings. The number of carbonyl (C=O) groups is 1. The van der Waals surface area contributed by atoms with E-state index in [0.717, 1.165) is 17.7 Å². The standard InChI is InChI=1S/C22H22N2O/c25-22(24-16-19-11-5-2-6-12-19)17-23-21-14-8-7-13-20(21)15-18-9-3-1-4-10-18/h1-14,23H,15-17H2,(H,24,25). The third-order valence-electron chi connectivity index (χ3n) is 4.03. The number of rotatable bonds is 7. The van der Waals surface area contributed by atoms with Gasteiger partial charge in [-0.25, -0.2) is 0 Å². The van der Waals surface area contributed by atoms with Crippen molar-refractivity contribution < 1.29 is 4.79 Å². The summed E-state index contributed by atoms with van der Waals surface area (Å²) < 4.78 is 0. The summed E-state index contributed by atoms with van der Waals surface area (Å²) in [6, 6.07) is 28.4.